The molecule has 3 N–H and O–H groups in total. The van der Waals surface area contributed by atoms with Gasteiger partial charge < -0.3 is 14.4 Å². The predicted molar refractivity (Wildman–Crippen MR) is 117 cm³/mol. The fraction of sp³-hybridized carbons (Fsp3) is 0.174. The van der Waals surface area contributed by atoms with Crippen LogP contribution in [0.2, 0.25) is 0 Å². The highest BCUT2D eigenvalue weighted by atomic mass is 32.2. The number of para-hydroxylation sites is 1. The Balaban J connectivity index is 1.62. The third kappa shape index (κ3) is 3.86. The van der Waals surface area contributed by atoms with Crippen LogP contribution in [0.1, 0.15) is 30.0 Å². The molecule has 0 unspecified atom stereocenters. The molecule has 4 aromatic rings. The van der Waals surface area contributed by atoms with Gasteiger partial charge in [-0.3, -0.25) is 0 Å². The van der Waals surface area contributed by atoms with Crippen molar-refractivity contribution in [3.05, 3.63) is 78.1 Å². The highest BCUT2D eigenvalue weighted by molar-refractivity contribution is 7.89. The topological polar surface area (TPSA) is 107 Å². The number of aliphatic hydroxyl groups excluding tert-OH is 1. The summed E-state index contributed by atoms with van der Waals surface area (Å²) in [5.74, 6) is 0.498. The normalized spacial score (nSPS) is 18.1. The second-order valence-electron chi connectivity index (χ2n) is 7.80. The molecule has 0 amide bonds. The van der Waals surface area contributed by atoms with Crippen molar-refractivity contribution in [3.8, 4) is 16.9 Å². The zero-order chi connectivity index (χ0) is 23.3. The number of aromatic nitrogens is 2. The minimum absolute atomic E-state index is 0.0106. The second-order valence-corrected chi connectivity index (χ2v) is 9.36. The van der Waals surface area contributed by atoms with Crippen LogP contribution in [0.4, 0.5) is 8.78 Å². The summed E-state index contributed by atoms with van der Waals surface area (Å²) < 4.78 is 55.5. The fourth-order valence-electron chi connectivity index (χ4n) is 4.34. The number of nitrogens with zero attached hydrogens (tertiary/aromatic N) is 2. The molecule has 0 saturated heterocycles. The lowest BCUT2D eigenvalue weighted by atomic mass is 10.0. The third-order valence-electron chi connectivity index (χ3n) is 5.78. The van der Waals surface area contributed by atoms with Gasteiger partial charge in [-0.2, -0.15) is 8.78 Å². The van der Waals surface area contributed by atoms with E-state index in [4.69, 9.17) is 9.88 Å². The lowest BCUT2D eigenvalue weighted by molar-refractivity contribution is -0.0507. The molecule has 0 saturated carbocycles. The summed E-state index contributed by atoms with van der Waals surface area (Å²) in [6.07, 6.45) is -0.589. The van der Waals surface area contributed by atoms with Crippen LogP contribution in [0.25, 0.3) is 22.2 Å². The van der Waals surface area contributed by atoms with Crippen LogP contribution < -0.4 is 9.88 Å². The molecule has 2 heterocycles. The number of ether oxygens (including phenoxy) is 1. The summed E-state index contributed by atoms with van der Waals surface area (Å²) in [5.41, 5.74) is 3.44. The van der Waals surface area contributed by atoms with Gasteiger partial charge in [0.15, 0.2) is 0 Å². The van der Waals surface area contributed by atoms with Gasteiger partial charge in [0, 0.05) is 12.0 Å². The Kier molecular flexibility index (Phi) is 5.15. The fourth-order valence-corrected chi connectivity index (χ4v) is 4.85. The summed E-state index contributed by atoms with van der Waals surface area (Å²) >= 11 is 0. The lowest BCUT2D eigenvalue weighted by Gasteiger charge is -2.19. The number of alkyl halides is 2. The number of fused-ring (bicyclic) bond motifs is 3. The Labute approximate surface area is 188 Å². The van der Waals surface area contributed by atoms with Gasteiger partial charge in [-0.05, 0) is 41.5 Å². The van der Waals surface area contributed by atoms with Crippen molar-refractivity contribution in [2.24, 2.45) is 5.14 Å². The lowest BCUT2D eigenvalue weighted by Crippen LogP contribution is -2.11. The van der Waals surface area contributed by atoms with Crippen molar-refractivity contribution in [2.75, 3.05) is 0 Å². The highest BCUT2D eigenvalue weighted by Crippen LogP contribution is 2.44. The number of imidazole rings is 1. The van der Waals surface area contributed by atoms with Crippen LogP contribution >= 0.6 is 0 Å². The molecular weight excluding hydrogens is 452 g/mol. The van der Waals surface area contributed by atoms with E-state index in [0.717, 1.165) is 11.1 Å². The molecule has 0 fully saturated rings. The number of hydrogen-bond donors (Lipinski definition) is 2. The smallest absolute Gasteiger partial charge is 0.387 e. The van der Waals surface area contributed by atoms with E-state index in [0.29, 0.717) is 22.4 Å². The molecule has 0 bridgehead atoms. The Bertz CT molecular complexity index is 1450. The van der Waals surface area contributed by atoms with Crippen molar-refractivity contribution < 1.29 is 27.0 Å². The van der Waals surface area contributed by atoms with Gasteiger partial charge in [0.1, 0.15) is 17.7 Å². The van der Waals surface area contributed by atoms with Crippen molar-refractivity contribution >= 4 is 21.1 Å². The first-order valence-electron chi connectivity index (χ1n) is 10.1. The summed E-state index contributed by atoms with van der Waals surface area (Å²) in [4.78, 5) is 4.56. The molecule has 0 aliphatic carbocycles. The van der Waals surface area contributed by atoms with Crippen molar-refractivity contribution in [3.63, 3.8) is 0 Å². The molecule has 7 nitrogen and oxygen atoms in total. The minimum atomic E-state index is -3.80. The Morgan fingerprint density at radius 3 is 2.45 bits per heavy atom. The number of halogens is 2. The number of sulfonamides is 1. The predicted octanol–water partition coefficient (Wildman–Crippen LogP) is 3.98. The summed E-state index contributed by atoms with van der Waals surface area (Å²) in [7, 11) is -3.80. The van der Waals surface area contributed by atoms with Gasteiger partial charge in [0.2, 0.25) is 10.0 Å². The molecule has 1 aromatic heterocycles. The molecular formula is C23H19F2N3O4S. The Morgan fingerprint density at radius 2 is 1.76 bits per heavy atom. The maximum atomic E-state index is 13.0. The van der Waals surface area contributed by atoms with Crippen LogP contribution in [0.5, 0.6) is 5.75 Å². The van der Waals surface area contributed by atoms with E-state index in [2.05, 4.69) is 4.98 Å². The first-order valence-corrected chi connectivity index (χ1v) is 11.6. The number of hydrogen-bond acceptors (Lipinski definition) is 5. The van der Waals surface area contributed by atoms with Crippen LogP contribution in [-0.4, -0.2) is 29.7 Å². The quantitative estimate of drug-likeness (QED) is 0.458. The van der Waals surface area contributed by atoms with E-state index in [9.17, 15) is 22.3 Å². The van der Waals surface area contributed by atoms with Crippen molar-refractivity contribution in [2.45, 2.75) is 30.1 Å². The SMILES string of the molecule is NS(=O)(=O)c1ccc(-c2ccc3nc4n(c3c2)[C@@H](c2ccccc2OC(F)F)C[C@H]4O)cc1. The summed E-state index contributed by atoms with van der Waals surface area (Å²) in [6, 6.07) is 17.8. The zero-order valence-electron chi connectivity index (χ0n) is 17.1. The first kappa shape index (κ1) is 21.5. The standard InChI is InChI=1S/C23H19F2N3O4S/c24-23(25)32-21-4-2-1-3-16(21)18-12-20(29)22-27-17-10-7-14(11-19(17)28(18)22)13-5-8-15(9-6-13)33(26,30)31/h1-11,18,20,23,29H,12H2,(H2,26,30,31)/t18-,20-/m1/s1. The van der Waals surface area contributed by atoms with Gasteiger partial charge in [0.25, 0.3) is 0 Å². The Hall–Kier alpha value is -3.34. The van der Waals surface area contributed by atoms with E-state index in [1.54, 1.807) is 36.4 Å². The molecule has 5 rings (SSSR count). The maximum absolute atomic E-state index is 13.0. The molecule has 2 atom stereocenters. The van der Waals surface area contributed by atoms with Crippen LogP contribution in [-0.2, 0) is 10.0 Å². The van der Waals surface area contributed by atoms with E-state index in [1.165, 1.54) is 18.2 Å². The van der Waals surface area contributed by atoms with Gasteiger partial charge in [-0.1, -0.05) is 36.4 Å². The molecule has 3 aromatic carbocycles. The summed E-state index contributed by atoms with van der Waals surface area (Å²) in [5, 5.41) is 15.8. The molecule has 1 aliphatic heterocycles. The van der Waals surface area contributed by atoms with E-state index >= 15 is 0 Å². The van der Waals surface area contributed by atoms with Crippen molar-refractivity contribution in [1.82, 2.24) is 9.55 Å². The third-order valence-corrected chi connectivity index (χ3v) is 6.71. The van der Waals surface area contributed by atoms with Gasteiger partial charge in [-0.15, -0.1) is 0 Å². The van der Waals surface area contributed by atoms with Crippen LogP contribution in [0.15, 0.2) is 71.6 Å². The van der Waals surface area contributed by atoms with E-state index in [-0.39, 0.29) is 17.1 Å². The average Bonchev–Trinajstić information content (AvgIpc) is 3.30. The minimum Gasteiger partial charge on any atom is -0.434 e. The van der Waals surface area contributed by atoms with Gasteiger partial charge >= 0.3 is 6.61 Å². The number of aliphatic hydroxyl groups is 1. The zero-order valence-corrected chi connectivity index (χ0v) is 17.9. The Morgan fingerprint density at radius 1 is 1.06 bits per heavy atom. The van der Waals surface area contributed by atoms with Crippen LogP contribution in [0.3, 0.4) is 0 Å². The van der Waals surface area contributed by atoms with E-state index < -0.39 is 28.8 Å². The molecule has 10 heteroatoms. The molecule has 33 heavy (non-hydrogen) atoms. The van der Waals surface area contributed by atoms with Crippen molar-refractivity contribution in [1.29, 1.82) is 0 Å². The number of primary sulfonamides is 1. The van der Waals surface area contributed by atoms with Gasteiger partial charge in [0.05, 0.1) is 22.0 Å². The second kappa shape index (κ2) is 7.91. The summed E-state index contributed by atoms with van der Waals surface area (Å²) in [6.45, 7) is -2.97. The highest BCUT2D eigenvalue weighted by Gasteiger charge is 2.35. The molecule has 1 aliphatic rings. The van der Waals surface area contributed by atoms with Crippen LogP contribution in [0, 0.1) is 0 Å². The largest absolute Gasteiger partial charge is 0.434 e. The molecule has 0 radical (unpaired) electrons. The molecule has 0 spiro atoms. The first-order chi connectivity index (χ1) is 15.7. The number of rotatable bonds is 5. The maximum Gasteiger partial charge on any atom is 0.387 e. The number of nitrogens with two attached hydrogens (primary N) is 1. The van der Waals surface area contributed by atoms with Gasteiger partial charge in [-0.25, -0.2) is 18.5 Å². The average molecular weight is 471 g/mol. The number of benzene rings is 3. The van der Waals surface area contributed by atoms with E-state index in [1.807, 2.05) is 16.7 Å². The monoisotopic (exact) mass is 471 g/mol. The molecule has 170 valence electrons.